The maximum Gasteiger partial charge on any atom is 0.331 e. The van der Waals surface area contributed by atoms with Gasteiger partial charge in [-0.3, -0.25) is 4.68 Å². The van der Waals surface area contributed by atoms with E-state index in [1.54, 1.807) is 55.8 Å². The number of halogens is 1. The third-order valence-electron chi connectivity index (χ3n) is 7.58. The van der Waals surface area contributed by atoms with Crippen LogP contribution in [0.1, 0.15) is 53.9 Å². The Labute approximate surface area is 260 Å². The number of methoxy groups -OCH3 is 1. The third kappa shape index (κ3) is 6.91. The normalized spacial score (nSPS) is 12.7. The number of aliphatic hydroxyl groups is 2. The summed E-state index contributed by atoms with van der Waals surface area (Å²) in [5.41, 5.74) is 4.81. The molecule has 1 aliphatic heterocycles. The lowest BCUT2D eigenvalue weighted by atomic mass is 9.98. The molecule has 0 fully saturated rings. The molecule has 0 spiro atoms. The maximum absolute atomic E-state index is 12.6. The molecule has 10 heteroatoms. The van der Waals surface area contributed by atoms with Crippen LogP contribution in [0, 0.1) is 0 Å². The summed E-state index contributed by atoms with van der Waals surface area (Å²) in [5.74, 6) is 0.744. The molecular formula is C34H35ClN2O7. The number of hydrogen-bond donors (Lipinski definition) is 3. The summed E-state index contributed by atoms with van der Waals surface area (Å²) >= 11 is 6.40. The van der Waals surface area contributed by atoms with Crippen molar-refractivity contribution in [3.05, 3.63) is 99.2 Å². The average molecular weight is 619 g/mol. The van der Waals surface area contributed by atoms with Crippen molar-refractivity contribution in [1.82, 2.24) is 9.78 Å². The molecule has 230 valence electrons. The van der Waals surface area contributed by atoms with E-state index in [9.17, 15) is 20.1 Å². The highest BCUT2D eigenvalue weighted by molar-refractivity contribution is 6.30. The van der Waals surface area contributed by atoms with Crippen molar-refractivity contribution < 1.29 is 34.3 Å². The molecule has 0 radical (unpaired) electrons. The van der Waals surface area contributed by atoms with Crippen LogP contribution < -0.4 is 14.2 Å². The van der Waals surface area contributed by atoms with Crippen molar-refractivity contribution >= 4 is 23.6 Å². The van der Waals surface area contributed by atoms with Crippen LogP contribution in [0.5, 0.6) is 17.2 Å². The number of carboxylic acid groups (broad SMARTS) is 1. The summed E-state index contributed by atoms with van der Waals surface area (Å²) in [6, 6.07) is 15.9. The first-order valence-electron chi connectivity index (χ1n) is 14.5. The molecule has 3 N–H and O–H groups in total. The lowest BCUT2D eigenvalue weighted by Gasteiger charge is -2.17. The number of unbranched alkanes of at least 4 members (excludes halogenated alkanes) is 1. The number of aliphatic carboxylic acids is 1. The fraction of sp³-hybridized carbons (Fsp3) is 0.294. The van der Waals surface area contributed by atoms with Crippen LogP contribution in [0.15, 0.2) is 66.4 Å². The van der Waals surface area contributed by atoms with Crippen molar-refractivity contribution in [3.8, 4) is 28.5 Å². The Kier molecular flexibility index (Phi) is 9.89. The highest BCUT2D eigenvalue weighted by Gasteiger charge is 2.22. The van der Waals surface area contributed by atoms with E-state index in [2.05, 4.69) is 12.0 Å². The fourth-order valence-electron chi connectivity index (χ4n) is 5.32. The van der Waals surface area contributed by atoms with Crippen LogP contribution in [-0.4, -0.2) is 44.8 Å². The first-order valence-corrected chi connectivity index (χ1v) is 14.9. The van der Waals surface area contributed by atoms with E-state index in [4.69, 9.17) is 25.8 Å². The van der Waals surface area contributed by atoms with Crippen LogP contribution in [0.4, 0.5) is 0 Å². The predicted octanol–water partition coefficient (Wildman–Crippen LogP) is 6.22. The van der Waals surface area contributed by atoms with E-state index in [0.717, 1.165) is 30.6 Å². The summed E-state index contributed by atoms with van der Waals surface area (Å²) in [6.07, 6.45) is 4.34. The molecule has 0 amide bonds. The van der Waals surface area contributed by atoms with E-state index in [0.29, 0.717) is 63.2 Å². The summed E-state index contributed by atoms with van der Waals surface area (Å²) in [6.45, 7) is 3.33. The van der Waals surface area contributed by atoms with Gasteiger partial charge in [0.15, 0.2) is 6.29 Å². The Hall–Kier alpha value is -4.31. The third-order valence-corrected chi connectivity index (χ3v) is 7.82. The molecule has 3 aromatic carbocycles. The number of aromatic nitrogens is 2. The van der Waals surface area contributed by atoms with Gasteiger partial charge in [0.1, 0.15) is 23.9 Å². The van der Waals surface area contributed by atoms with Gasteiger partial charge in [-0.15, -0.1) is 0 Å². The van der Waals surface area contributed by atoms with Crippen LogP contribution in [0.2, 0.25) is 5.02 Å². The first-order chi connectivity index (χ1) is 21.3. The van der Waals surface area contributed by atoms with E-state index in [1.807, 2.05) is 22.9 Å². The number of aliphatic hydroxyl groups excluding tert-OH is 1. The topological polar surface area (TPSA) is 123 Å². The van der Waals surface area contributed by atoms with Crippen molar-refractivity contribution in [1.29, 1.82) is 0 Å². The summed E-state index contributed by atoms with van der Waals surface area (Å²) in [5, 5.41) is 35.0. The number of aryl methyl sites for hydroxylation is 1. The highest BCUT2D eigenvalue weighted by atomic mass is 35.5. The molecule has 0 unspecified atom stereocenters. The lowest BCUT2D eigenvalue weighted by Crippen LogP contribution is -2.07. The number of ether oxygens (including phenoxy) is 3. The zero-order chi connectivity index (χ0) is 31.2. The molecule has 4 aromatic rings. The number of carboxylic acids is 1. The summed E-state index contributed by atoms with van der Waals surface area (Å²) in [4.78, 5) is 12.6. The number of hydrogen-bond acceptors (Lipinski definition) is 7. The second kappa shape index (κ2) is 14.0. The molecular weight excluding hydrogens is 584 g/mol. The number of benzene rings is 3. The van der Waals surface area contributed by atoms with E-state index in [-0.39, 0.29) is 18.6 Å². The number of carbonyl (C=O) groups is 1. The molecule has 1 aliphatic rings. The number of nitrogens with zero attached hydrogens (tertiary/aromatic N) is 2. The van der Waals surface area contributed by atoms with E-state index >= 15 is 0 Å². The molecule has 2 heterocycles. The van der Waals surface area contributed by atoms with Gasteiger partial charge in [-0.25, -0.2) is 4.79 Å². The largest absolute Gasteiger partial charge is 0.496 e. The number of fused-ring (bicyclic) bond motifs is 1. The van der Waals surface area contributed by atoms with Crippen molar-refractivity contribution in [2.75, 3.05) is 13.7 Å². The maximum atomic E-state index is 12.6. The van der Waals surface area contributed by atoms with Gasteiger partial charge in [-0.2, -0.15) is 5.10 Å². The molecule has 5 rings (SSSR count). The Bertz CT molecular complexity index is 1680. The van der Waals surface area contributed by atoms with Crippen molar-refractivity contribution in [2.24, 2.45) is 0 Å². The Morgan fingerprint density at radius 3 is 2.70 bits per heavy atom. The first kappa shape index (κ1) is 31.1. The van der Waals surface area contributed by atoms with Gasteiger partial charge in [0.05, 0.1) is 25.6 Å². The molecule has 0 saturated heterocycles. The van der Waals surface area contributed by atoms with Crippen LogP contribution in [0.3, 0.4) is 0 Å². The molecule has 0 atom stereocenters. The minimum absolute atomic E-state index is 0.0516. The van der Waals surface area contributed by atoms with Crippen molar-refractivity contribution in [2.45, 2.75) is 52.0 Å². The number of rotatable bonds is 13. The smallest absolute Gasteiger partial charge is 0.331 e. The van der Waals surface area contributed by atoms with Crippen LogP contribution in [-0.2, 0) is 30.8 Å². The SMILES string of the molecule is CCCCn1ncc(/C=C(\Cc2cc3c(cc2OC)CCO3)C(=O)O)c1-c1ccc(Cl)cc1OCc1ccccc1C(O)O. The van der Waals surface area contributed by atoms with E-state index < -0.39 is 12.3 Å². The highest BCUT2D eigenvalue weighted by Crippen LogP contribution is 2.38. The van der Waals surface area contributed by atoms with Gasteiger partial charge < -0.3 is 29.5 Å². The second-order valence-electron chi connectivity index (χ2n) is 10.5. The van der Waals surface area contributed by atoms with Crippen LogP contribution >= 0.6 is 11.6 Å². The molecule has 1 aromatic heterocycles. The Balaban J connectivity index is 1.56. The lowest BCUT2D eigenvalue weighted by molar-refractivity contribution is -0.132. The molecule has 0 saturated carbocycles. The molecule has 0 aliphatic carbocycles. The minimum atomic E-state index is -1.65. The van der Waals surface area contributed by atoms with Gasteiger partial charge in [0.2, 0.25) is 0 Å². The fourth-order valence-corrected chi connectivity index (χ4v) is 5.48. The zero-order valence-electron chi connectivity index (χ0n) is 24.6. The molecule has 9 nitrogen and oxygen atoms in total. The summed E-state index contributed by atoms with van der Waals surface area (Å²) < 4.78 is 19.4. The van der Waals surface area contributed by atoms with Gasteiger partial charge in [-0.05, 0) is 48.4 Å². The second-order valence-corrected chi connectivity index (χ2v) is 11.0. The zero-order valence-corrected chi connectivity index (χ0v) is 25.4. The Morgan fingerprint density at radius 2 is 1.95 bits per heavy atom. The van der Waals surface area contributed by atoms with Gasteiger partial charge in [0.25, 0.3) is 0 Å². The van der Waals surface area contributed by atoms with Crippen LogP contribution in [0.25, 0.3) is 17.3 Å². The Morgan fingerprint density at radius 1 is 1.14 bits per heavy atom. The average Bonchev–Trinajstić information content (AvgIpc) is 3.64. The van der Waals surface area contributed by atoms with Gasteiger partial charge >= 0.3 is 5.97 Å². The predicted molar refractivity (Wildman–Crippen MR) is 167 cm³/mol. The molecule has 44 heavy (non-hydrogen) atoms. The quantitative estimate of drug-likeness (QED) is 0.119. The van der Waals surface area contributed by atoms with Gasteiger partial charge in [0, 0.05) is 57.8 Å². The van der Waals surface area contributed by atoms with Crippen molar-refractivity contribution in [3.63, 3.8) is 0 Å². The standard InChI is InChI=1S/C34H35ClN2O7/c1-3-4-12-37-32(28-10-9-26(35)18-31(28)44-20-22-7-5-6-8-27(22)34(40)41)25(19-36-37)15-24(33(38)39)14-23-17-30-21(11-13-43-30)16-29(23)42-2/h5-10,15-19,34,40-41H,3-4,11-14,20H2,1-2H3,(H,38,39)/b24-15+. The van der Waals surface area contributed by atoms with Gasteiger partial charge in [-0.1, -0.05) is 49.2 Å². The minimum Gasteiger partial charge on any atom is -0.496 e. The molecule has 0 bridgehead atoms. The van der Waals surface area contributed by atoms with E-state index in [1.165, 1.54) is 0 Å². The summed E-state index contributed by atoms with van der Waals surface area (Å²) in [7, 11) is 1.57. The monoisotopic (exact) mass is 618 g/mol.